The molecule has 1 aliphatic heterocycles. The van der Waals surface area contributed by atoms with Crippen molar-refractivity contribution in [3.05, 3.63) is 71.9 Å². The zero-order valence-electron chi connectivity index (χ0n) is 15.9. The van der Waals surface area contributed by atoms with E-state index in [1.807, 2.05) is 53.4 Å². The average Bonchev–Trinajstić information content (AvgIpc) is 3.17. The molecule has 28 heavy (non-hydrogen) atoms. The molecule has 1 fully saturated rings. The summed E-state index contributed by atoms with van der Waals surface area (Å²) in [6, 6.07) is 20.2. The molecule has 7 heteroatoms. The first-order valence-electron chi connectivity index (χ1n) is 9.37. The van der Waals surface area contributed by atoms with Crippen LogP contribution in [-0.2, 0) is 6.54 Å². The van der Waals surface area contributed by atoms with Crippen molar-refractivity contribution in [2.24, 2.45) is 0 Å². The minimum atomic E-state index is -0.135. The van der Waals surface area contributed by atoms with Crippen LogP contribution in [0.25, 0.3) is 0 Å². The Bertz CT molecular complexity index is 918. The molecule has 0 spiro atoms. The van der Waals surface area contributed by atoms with Crippen LogP contribution in [0.1, 0.15) is 16.1 Å². The summed E-state index contributed by atoms with van der Waals surface area (Å²) in [4.78, 5) is 17.1. The number of piperazine rings is 1. The highest BCUT2D eigenvalue weighted by atomic mass is 16.5. The van der Waals surface area contributed by atoms with Crippen LogP contribution in [0, 0.1) is 0 Å². The molecule has 0 aliphatic carbocycles. The smallest absolute Gasteiger partial charge is 0.280 e. The molecule has 7 nitrogen and oxygen atoms in total. The molecular formula is C21H23N5O2. The predicted molar refractivity (Wildman–Crippen MR) is 107 cm³/mol. The number of carbonyl (C=O) groups excluding carboxylic acids is 1. The van der Waals surface area contributed by atoms with E-state index in [0.29, 0.717) is 25.5 Å². The summed E-state index contributed by atoms with van der Waals surface area (Å²) in [7, 11) is 1.55. The topological polar surface area (TPSA) is 63.5 Å². The SMILES string of the molecule is COc1c(C(=O)N2CCN(c3ccccc3)CC2)nnn1Cc1ccccc1. The fourth-order valence-corrected chi connectivity index (χ4v) is 3.46. The Balaban J connectivity index is 1.45. The van der Waals surface area contributed by atoms with E-state index in [1.165, 1.54) is 5.69 Å². The third-order valence-corrected chi connectivity index (χ3v) is 4.95. The van der Waals surface area contributed by atoms with E-state index < -0.39 is 0 Å². The molecule has 2 aromatic carbocycles. The van der Waals surface area contributed by atoms with Gasteiger partial charge in [0, 0.05) is 31.9 Å². The quantitative estimate of drug-likeness (QED) is 0.683. The van der Waals surface area contributed by atoms with Crippen molar-refractivity contribution in [3.63, 3.8) is 0 Å². The summed E-state index contributed by atoms with van der Waals surface area (Å²) in [5.74, 6) is 0.267. The lowest BCUT2D eigenvalue weighted by atomic mass is 10.2. The third kappa shape index (κ3) is 3.69. The molecule has 1 amide bonds. The molecule has 0 bridgehead atoms. The number of rotatable bonds is 5. The van der Waals surface area contributed by atoms with Crippen LogP contribution in [0.2, 0.25) is 0 Å². The fraction of sp³-hybridized carbons (Fsp3) is 0.286. The molecule has 1 saturated heterocycles. The van der Waals surface area contributed by atoms with E-state index >= 15 is 0 Å². The monoisotopic (exact) mass is 377 g/mol. The summed E-state index contributed by atoms with van der Waals surface area (Å²) in [6.07, 6.45) is 0. The van der Waals surface area contributed by atoms with Crippen LogP contribution in [0.15, 0.2) is 60.7 Å². The van der Waals surface area contributed by atoms with Crippen LogP contribution in [0.3, 0.4) is 0 Å². The summed E-state index contributed by atoms with van der Waals surface area (Å²) < 4.78 is 7.10. The van der Waals surface area contributed by atoms with E-state index in [1.54, 1.807) is 11.8 Å². The Hall–Kier alpha value is -3.35. The first-order chi connectivity index (χ1) is 13.8. The van der Waals surface area contributed by atoms with Gasteiger partial charge in [0.05, 0.1) is 13.7 Å². The van der Waals surface area contributed by atoms with Gasteiger partial charge in [-0.1, -0.05) is 53.7 Å². The van der Waals surface area contributed by atoms with Crippen molar-refractivity contribution < 1.29 is 9.53 Å². The minimum Gasteiger partial charge on any atom is -0.479 e. The van der Waals surface area contributed by atoms with Gasteiger partial charge in [0.1, 0.15) is 0 Å². The Morgan fingerprint density at radius 2 is 1.61 bits per heavy atom. The molecule has 3 aromatic rings. The van der Waals surface area contributed by atoms with E-state index in [-0.39, 0.29) is 11.6 Å². The molecular weight excluding hydrogens is 354 g/mol. The number of aromatic nitrogens is 3. The van der Waals surface area contributed by atoms with Crippen molar-refractivity contribution in [1.29, 1.82) is 0 Å². The van der Waals surface area contributed by atoms with Gasteiger partial charge in [-0.3, -0.25) is 4.79 Å². The molecule has 0 unspecified atom stereocenters. The van der Waals surface area contributed by atoms with Crippen LogP contribution in [0.4, 0.5) is 5.69 Å². The number of amides is 1. The molecule has 0 saturated carbocycles. The standard InChI is InChI=1S/C21H23N5O2/c1-28-21-19(22-23-26(21)16-17-8-4-2-5-9-17)20(27)25-14-12-24(13-15-25)18-10-6-3-7-11-18/h2-11H,12-16H2,1H3. The van der Waals surface area contributed by atoms with Gasteiger partial charge in [0.25, 0.3) is 5.91 Å². The molecule has 1 aromatic heterocycles. The number of hydrogen-bond donors (Lipinski definition) is 0. The van der Waals surface area contributed by atoms with Gasteiger partial charge in [-0.25, -0.2) is 4.68 Å². The molecule has 0 radical (unpaired) electrons. The molecule has 4 rings (SSSR count). The summed E-state index contributed by atoms with van der Waals surface area (Å²) in [5, 5.41) is 8.26. The molecule has 0 atom stereocenters. The van der Waals surface area contributed by atoms with Crippen molar-refractivity contribution in [3.8, 4) is 5.88 Å². The van der Waals surface area contributed by atoms with Gasteiger partial charge in [-0.15, -0.1) is 5.10 Å². The number of methoxy groups -OCH3 is 1. The van der Waals surface area contributed by atoms with Crippen LogP contribution < -0.4 is 9.64 Å². The lowest BCUT2D eigenvalue weighted by Crippen LogP contribution is -2.49. The van der Waals surface area contributed by atoms with Crippen molar-refractivity contribution in [2.45, 2.75) is 6.54 Å². The number of para-hydroxylation sites is 1. The zero-order valence-corrected chi connectivity index (χ0v) is 15.9. The van der Waals surface area contributed by atoms with E-state index in [0.717, 1.165) is 18.7 Å². The Morgan fingerprint density at radius 3 is 2.25 bits per heavy atom. The van der Waals surface area contributed by atoms with Crippen LogP contribution in [0.5, 0.6) is 5.88 Å². The molecule has 0 N–H and O–H groups in total. The van der Waals surface area contributed by atoms with E-state index in [9.17, 15) is 4.79 Å². The maximum Gasteiger partial charge on any atom is 0.280 e. The lowest BCUT2D eigenvalue weighted by Gasteiger charge is -2.35. The van der Waals surface area contributed by atoms with Gasteiger partial charge in [-0.05, 0) is 17.7 Å². The lowest BCUT2D eigenvalue weighted by molar-refractivity contribution is 0.0737. The predicted octanol–water partition coefficient (Wildman–Crippen LogP) is 2.30. The normalized spacial score (nSPS) is 14.2. The first-order valence-corrected chi connectivity index (χ1v) is 9.37. The maximum absolute atomic E-state index is 13.0. The summed E-state index contributed by atoms with van der Waals surface area (Å²) >= 11 is 0. The number of ether oxygens (including phenoxy) is 1. The second-order valence-electron chi connectivity index (χ2n) is 6.71. The average molecular weight is 377 g/mol. The molecule has 2 heterocycles. The minimum absolute atomic E-state index is 0.135. The number of anilines is 1. The van der Waals surface area contributed by atoms with E-state index in [4.69, 9.17) is 4.74 Å². The highest BCUT2D eigenvalue weighted by Crippen LogP contribution is 2.21. The highest BCUT2D eigenvalue weighted by molar-refractivity contribution is 5.94. The number of hydrogen-bond acceptors (Lipinski definition) is 5. The molecule has 144 valence electrons. The van der Waals surface area contributed by atoms with Gasteiger partial charge in [-0.2, -0.15) is 0 Å². The fourth-order valence-electron chi connectivity index (χ4n) is 3.46. The zero-order chi connectivity index (χ0) is 19.3. The van der Waals surface area contributed by atoms with Crippen LogP contribution in [-0.4, -0.2) is 59.1 Å². The van der Waals surface area contributed by atoms with Crippen molar-refractivity contribution in [1.82, 2.24) is 19.9 Å². The third-order valence-electron chi connectivity index (χ3n) is 4.95. The number of benzene rings is 2. The second kappa shape index (κ2) is 8.12. The summed E-state index contributed by atoms with van der Waals surface area (Å²) in [5.41, 5.74) is 2.52. The van der Waals surface area contributed by atoms with Gasteiger partial charge >= 0.3 is 0 Å². The number of nitrogens with zero attached hydrogens (tertiary/aromatic N) is 5. The Labute approximate surface area is 164 Å². The number of carbonyl (C=O) groups is 1. The van der Waals surface area contributed by atoms with Gasteiger partial charge in [0.15, 0.2) is 0 Å². The van der Waals surface area contributed by atoms with Crippen molar-refractivity contribution in [2.75, 3.05) is 38.2 Å². The maximum atomic E-state index is 13.0. The van der Waals surface area contributed by atoms with Gasteiger partial charge in [0.2, 0.25) is 11.6 Å². The Morgan fingerprint density at radius 1 is 0.964 bits per heavy atom. The van der Waals surface area contributed by atoms with E-state index in [2.05, 4.69) is 27.3 Å². The van der Waals surface area contributed by atoms with Gasteiger partial charge < -0.3 is 14.5 Å². The van der Waals surface area contributed by atoms with Crippen molar-refractivity contribution >= 4 is 11.6 Å². The highest BCUT2D eigenvalue weighted by Gasteiger charge is 2.28. The largest absolute Gasteiger partial charge is 0.479 e. The first kappa shape index (κ1) is 18.0. The van der Waals surface area contributed by atoms with Crippen LogP contribution >= 0.6 is 0 Å². The summed E-state index contributed by atoms with van der Waals surface area (Å²) in [6.45, 7) is 3.36. The Kier molecular flexibility index (Phi) is 5.23. The molecule has 1 aliphatic rings. The second-order valence-corrected chi connectivity index (χ2v) is 6.71.